The standard InChI is InChI=1S/C28H34N6O2/c1-3-4-17-36-27-31-25(29)24-26(32-27)34(28(30-24)35-2)18-20-11-13-21(14-12-20)23-10-6-5-9-22(23)19-33-15-7-8-16-33/h5-6,9-14H,3-4,7-8,15-19H2,1-2H3,(H2,29,31,32). The van der Waals surface area contributed by atoms with Gasteiger partial charge in [-0.15, -0.1) is 0 Å². The molecule has 1 fully saturated rings. The minimum Gasteiger partial charge on any atom is -0.468 e. The molecule has 1 saturated heterocycles. The topological polar surface area (TPSA) is 91.3 Å². The minimum absolute atomic E-state index is 0.266. The zero-order valence-corrected chi connectivity index (χ0v) is 21.1. The van der Waals surface area contributed by atoms with E-state index in [1.165, 1.54) is 42.6 Å². The van der Waals surface area contributed by atoms with E-state index in [0.29, 0.717) is 30.3 Å². The second-order valence-corrected chi connectivity index (χ2v) is 9.29. The number of unbranched alkanes of at least 4 members (excludes halogenated alkanes) is 1. The zero-order valence-electron chi connectivity index (χ0n) is 21.1. The summed E-state index contributed by atoms with van der Waals surface area (Å²) in [7, 11) is 1.60. The third-order valence-electron chi connectivity index (χ3n) is 6.69. The average molecular weight is 487 g/mol. The lowest BCUT2D eigenvalue weighted by atomic mass is 9.98. The normalized spacial score (nSPS) is 13.9. The van der Waals surface area contributed by atoms with Crippen molar-refractivity contribution in [3.63, 3.8) is 0 Å². The summed E-state index contributed by atoms with van der Waals surface area (Å²) < 4.78 is 13.2. The predicted octanol–water partition coefficient (Wildman–Crippen LogP) is 4.91. The number of nitrogen functional groups attached to an aromatic ring is 1. The lowest BCUT2D eigenvalue weighted by Gasteiger charge is -2.18. The molecule has 0 aliphatic carbocycles. The van der Waals surface area contributed by atoms with Crippen LogP contribution < -0.4 is 15.2 Å². The Bertz CT molecular complexity index is 1310. The monoisotopic (exact) mass is 486 g/mol. The van der Waals surface area contributed by atoms with Gasteiger partial charge in [-0.2, -0.15) is 15.0 Å². The largest absolute Gasteiger partial charge is 0.468 e. The second-order valence-electron chi connectivity index (χ2n) is 9.29. The summed E-state index contributed by atoms with van der Waals surface area (Å²) in [5, 5.41) is 0. The summed E-state index contributed by atoms with van der Waals surface area (Å²) in [6.07, 6.45) is 4.55. The molecule has 1 aliphatic rings. The van der Waals surface area contributed by atoms with Gasteiger partial charge in [0.2, 0.25) is 0 Å². The number of likely N-dealkylation sites (tertiary alicyclic amines) is 1. The number of ether oxygens (including phenoxy) is 2. The quantitative estimate of drug-likeness (QED) is 0.319. The molecule has 0 bridgehead atoms. The SMILES string of the molecule is CCCCOc1nc(N)c2nc(OC)n(Cc3ccc(-c4ccccc4CN4CCCC4)cc3)c2n1. The fourth-order valence-electron chi connectivity index (χ4n) is 4.75. The Balaban J connectivity index is 1.40. The van der Waals surface area contributed by atoms with Crippen molar-refractivity contribution in [3.05, 3.63) is 59.7 Å². The Morgan fingerprint density at radius 3 is 2.47 bits per heavy atom. The molecule has 5 rings (SSSR count). The van der Waals surface area contributed by atoms with Crippen LogP contribution in [0.15, 0.2) is 48.5 Å². The molecule has 4 aromatic rings. The van der Waals surface area contributed by atoms with Crippen molar-refractivity contribution in [3.8, 4) is 23.1 Å². The van der Waals surface area contributed by atoms with Gasteiger partial charge in [0.05, 0.1) is 20.3 Å². The number of rotatable bonds is 10. The second kappa shape index (κ2) is 11.0. The minimum atomic E-state index is 0.266. The van der Waals surface area contributed by atoms with Gasteiger partial charge in [-0.05, 0) is 54.6 Å². The van der Waals surface area contributed by atoms with E-state index in [9.17, 15) is 0 Å². The molecular formula is C28H34N6O2. The third kappa shape index (κ3) is 5.14. The average Bonchev–Trinajstić information content (AvgIpc) is 3.53. The molecule has 8 nitrogen and oxygen atoms in total. The van der Waals surface area contributed by atoms with E-state index in [0.717, 1.165) is 24.9 Å². The van der Waals surface area contributed by atoms with Gasteiger partial charge >= 0.3 is 6.01 Å². The van der Waals surface area contributed by atoms with Crippen LogP contribution in [0, 0.1) is 0 Å². The molecule has 0 atom stereocenters. The highest BCUT2D eigenvalue weighted by Crippen LogP contribution is 2.29. The number of anilines is 1. The summed E-state index contributed by atoms with van der Waals surface area (Å²) >= 11 is 0. The number of aromatic nitrogens is 4. The molecule has 1 aliphatic heterocycles. The molecule has 2 N–H and O–H groups in total. The van der Waals surface area contributed by atoms with Crippen molar-refractivity contribution in [2.45, 2.75) is 45.7 Å². The van der Waals surface area contributed by atoms with E-state index in [4.69, 9.17) is 15.2 Å². The molecule has 0 spiro atoms. The van der Waals surface area contributed by atoms with E-state index in [1.807, 2.05) is 4.57 Å². The van der Waals surface area contributed by atoms with E-state index >= 15 is 0 Å². The molecule has 0 radical (unpaired) electrons. The maximum absolute atomic E-state index is 6.18. The molecule has 2 aromatic carbocycles. The number of nitrogens with zero attached hydrogens (tertiary/aromatic N) is 5. The van der Waals surface area contributed by atoms with Gasteiger partial charge in [-0.3, -0.25) is 9.47 Å². The number of methoxy groups -OCH3 is 1. The molecule has 3 heterocycles. The van der Waals surface area contributed by atoms with Crippen molar-refractivity contribution in [2.24, 2.45) is 0 Å². The molecule has 0 unspecified atom stereocenters. The number of fused-ring (bicyclic) bond motifs is 1. The number of imidazole rings is 1. The van der Waals surface area contributed by atoms with Crippen LogP contribution in [-0.2, 0) is 13.1 Å². The Labute approximate surface area is 212 Å². The summed E-state index contributed by atoms with van der Waals surface area (Å²) in [5.74, 6) is 0.286. The van der Waals surface area contributed by atoms with Crippen LogP contribution in [0.2, 0.25) is 0 Å². The maximum Gasteiger partial charge on any atom is 0.320 e. The number of hydrogen-bond acceptors (Lipinski definition) is 7. The van der Waals surface area contributed by atoms with E-state index in [2.05, 4.69) is 75.3 Å². The van der Waals surface area contributed by atoms with Gasteiger partial charge in [0, 0.05) is 6.54 Å². The van der Waals surface area contributed by atoms with Gasteiger partial charge in [0.25, 0.3) is 6.01 Å². The van der Waals surface area contributed by atoms with Gasteiger partial charge in [-0.25, -0.2) is 0 Å². The Hall–Kier alpha value is -3.65. The first-order valence-electron chi connectivity index (χ1n) is 12.8. The van der Waals surface area contributed by atoms with E-state index in [-0.39, 0.29) is 11.8 Å². The van der Waals surface area contributed by atoms with Crippen LogP contribution in [-0.4, -0.2) is 51.2 Å². The molecule has 8 heteroatoms. The fourth-order valence-corrected chi connectivity index (χ4v) is 4.75. The highest BCUT2D eigenvalue weighted by atomic mass is 16.5. The van der Waals surface area contributed by atoms with Crippen molar-refractivity contribution >= 4 is 17.0 Å². The number of hydrogen-bond donors (Lipinski definition) is 1. The van der Waals surface area contributed by atoms with E-state index in [1.54, 1.807) is 7.11 Å². The Morgan fingerprint density at radius 1 is 0.944 bits per heavy atom. The van der Waals surface area contributed by atoms with E-state index < -0.39 is 0 Å². The first-order chi connectivity index (χ1) is 17.7. The molecule has 0 saturated carbocycles. The Morgan fingerprint density at radius 2 is 1.72 bits per heavy atom. The van der Waals surface area contributed by atoms with Crippen molar-refractivity contribution in [1.29, 1.82) is 0 Å². The van der Waals surface area contributed by atoms with Crippen LogP contribution in [0.1, 0.15) is 43.7 Å². The van der Waals surface area contributed by atoms with Crippen LogP contribution in [0.3, 0.4) is 0 Å². The summed E-state index contributed by atoms with van der Waals surface area (Å²) in [4.78, 5) is 15.9. The highest BCUT2D eigenvalue weighted by Gasteiger charge is 2.19. The third-order valence-corrected chi connectivity index (χ3v) is 6.69. The van der Waals surface area contributed by atoms with Crippen LogP contribution in [0.4, 0.5) is 5.82 Å². The maximum atomic E-state index is 6.18. The molecule has 2 aromatic heterocycles. The summed E-state index contributed by atoms with van der Waals surface area (Å²) in [5.41, 5.74) is 12.3. The van der Waals surface area contributed by atoms with Crippen molar-refractivity contribution in [2.75, 3.05) is 32.5 Å². The van der Waals surface area contributed by atoms with Gasteiger partial charge in [-0.1, -0.05) is 61.9 Å². The smallest absolute Gasteiger partial charge is 0.320 e. The van der Waals surface area contributed by atoms with Gasteiger partial charge < -0.3 is 15.2 Å². The van der Waals surface area contributed by atoms with Crippen LogP contribution in [0.25, 0.3) is 22.3 Å². The fraction of sp³-hybridized carbons (Fsp3) is 0.393. The Kier molecular flexibility index (Phi) is 7.32. The molecule has 0 amide bonds. The van der Waals surface area contributed by atoms with Gasteiger partial charge in [0.1, 0.15) is 0 Å². The lowest BCUT2D eigenvalue weighted by molar-refractivity contribution is 0.286. The van der Waals surface area contributed by atoms with Crippen LogP contribution in [0.5, 0.6) is 12.0 Å². The first-order valence-corrected chi connectivity index (χ1v) is 12.8. The molecular weight excluding hydrogens is 452 g/mol. The molecule has 188 valence electrons. The predicted molar refractivity (Wildman–Crippen MR) is 142 cm³/mol. The van der Waals surface area contributed by atoms with Crippen LogP contribution >= 0.6 is 0 Å². The zero-order chi connectivity index (χ0) is 24.9. The summed E-state index contributed by atoms with van der Waals surface area (Å²) in [6.45, 7) is 6.58. The highest BCUT2D eigenvalue weighted by molar-refractivity contribution is 5.83. The summed E-state index contributed by atoms with van der Waals surface area (Å²) in [6, 6.07) is 18.1. The van der Waals surface area contributed by atoms with Gasteiger partial charge in [0.15, 0.2) is 17.0 Å². The number of benzene rings is 2. The lowest BCUT2D eigenvalue weighted by Crippen LogP contribution is -2.18. The van der Waals surface area contributed by atoms with Crippen molar-refractivity contribution in [1.82, 2.24) is 24.4 Å². The van der Waals surface area contributed by atoms with Crippen molar-refractivity contribution < 1.29 is 9.47 Å². The molecule has 36 heavy (non-hydrogen) atoms. The first kappa shape index (κ1) is 24.1. The number of nitrogens with two attached hydrogens (primary N) is 1.